The van der Waals surface area contributed by atoms with Crippen molar-refractivity contribution in [3.63, 3.8) is 0 Å². The SMILES string of the molecule is COCC#CC(C)(C)NC(=O)C(Oc1ccc2ncc(OC)cc2c1)SC. The predicted molar refractivity (Wildman–Crippen MR) is 108 cm³/mol. The van der Waals surface area contributed by atoms with Crippen LogP contribution in [0.15, 0.2) is 30.5 Å². The molecule has 2 rings (SSSR count). The number of hydrogen-bond acceptors (Lipinski definition) is 6. The smallest absolute Gasteiger partial charge is 0.272 e. The fourth-order valence-electron chi connectivity index (χ4n) is 2.33. The number of aromatic nitrogens is 1. The Morgan fingerprint density at radius 2 is 2.04 bits per heavy atom. The van der Waals surface area contributed by atoms with Crippen LogP contribution in [-0.4, -0.2) is 48.9 Å². The summed E-state index contributed by atoms with van der Waals surface area (Å²) in [4.78, 5) is 16.9. The summed E-state index contributed by atoms with van der Waals surface area (Å²) in [6, 6.07) is 7.35. The fourth-order valence-corrected chi connectivity index (χ4v) is 2.81. The lowest BCUT2D eigenvalue weighted by atomic mass is 10.1. The average Bonchev–Trinajstić information content (AvgIpc) is 2.65. The van der Waals surface area contributed by atoms with E-state index in [2.05, 4.69) is 22.1 Å². The van der Waals surface area contributed by atoms with Gasteiger partial charge in [0.05, 0.1) is 24.4 Å². The summed E-state index contributed by atoms with van der Waals surface area (Å²) < 4.78 is 16.0. The highest BCUT2D eigenvalue weighted by atomic mass is 32.2. The van der Waals surface area contributed by atoms with Crippen molar-refractivity contribution in [2.75, 3.05) is 27.1 Å². The molecule has 1 heterocycles. The Kier molecular flexibility index (Phi) is 7.34. The highest BCUT2D eigenvalue weighted by Gasteiger charge is 2.25. The van der Waals surface area contributed by atoms with Crippen LogP contribution in [0, 0.1) is 11.8 Å². The van der Waals surface area contributed by atoms with Gasteiger partial charge in [-0.15, -0.1) is 11.8 Å². The third-order valence-corrected chi connectivity index (χ3v) is 4.33. The second kappa shape index (κ2) is 9.49. The molecule has 27 heavy (non-hydrogen) atoms. The molecule has 0 radical (unpaired) electrons. The largest absolute Gasteiger partial charge is 0.495 e. The number of thioether (sulfide) groups is 1. The number of ether oxygens (including phenoxy) is 3. The number of methoxy groups -OCH3 is 2. The first-order chi connectivity index (χ1) is 12.9. The molecule has 0 fully saturated rings. The van der Waals surface area contributed by atoms with Gasteiger partial charge in [-0.25, -0.2) is 0 Å². The van der Waals surface area contributed by atoms with Crippen molar-refractivity contribution in [3.05, 3.63) is 30.5 Å². The van der Waals surface area contributed by atoms with Crippen molar-refractivity contribution in [1.82, 2.24) is 10.3 Å². The maximum Gasteiger partial charge on any atom is 0.272 e. The molecule has 0 saturated heterocycles. The van der Waals surface area contributed by atoms with Crippen molar-refractivity contribution in [3.8, 4) is 23.3 Å². The minimum absolute atomic E-state index is 0.247. The maximum absolute atomic E-state index is 12.6. The lowest BCUT2D eigenvalue weighted by Gasteiger charge is -2.24. The second-order valence-corrected chi connectivity index (χ2v) is 7.16. The molecule has 1 atom stereocenters. The molecule has 0 bridgehead atoms. The van der Waals surface area contributed by atoms with Gasteiger partial charge in [0, 0.05) is 12.5 Å². The molecule has 6 nitrogen and oxygen atoms in total. The van der Waals surface area contributed by atoms with Crippen LogP contribution >= 0.6 is 11.8 Å². The number of fused-ring (bicyclic) bond motifs is 1. The van der Waals surface area contributed by atoms with Gasteiger partial charge in [-0.3, -0.25) is 9.78 Å². The van der Waals surface area contributed by atoms with Gasteiger partial charge in [-0.1, -0.05) is 11.8 Å². The second-order valence-electron chi connectivity index (χ2n) is 6.26. The molecule has 1 aromatic heterocycles. The molecule has 0 saturated carbocycles. The van der Waals surface area contributed by atoms with E-state index in [0.717, 1.165) is 10.9 Å². The van der Waals surface area contributed by atoms with Gasteiger partial charge in [-0.05, 0) is 44.4 Å². The molecular weight excluding hydrogens is 364 g/mol. The van der Waals surface area contributed by atoms with Crippen LogP contribution in [-0.2, 0) is 9.53 Å². The van der Waals surface area contributed by atoms with Crippen LogP contribution in [0.2, 0.25) is 0 Å². The van der Waals surface area contributed by atoms with E-state index in [1.54, 1.807) is 26.5 Å². The number of carbonyl (C=O) groups excluding carboxylic acids is 1. The Morgan fingerprint density at radius 1 is 1.30 bits per heavy atom. The van der Waals surface area contributed by atoms with Crippen molar-refractivity contribution in [2.24, 2.45) is 0 Å². The number of pyridine rings is 1. The Hall–Kier alpha value is -2.43. The molecule has 1 unspecified atom stereocenters. The lowest BCUT2D eigenvalue weighted by Crippen LogP contribution is -2.47. The van der Waals surface area contributed by atoms with E-state index in [1.165, 1.54) is 11.8 Å². The number of rotatable bonds is 7. The standard InChI is InChI=1S/C20H24N2O4S/c1-20(2,9-6-10-24-3)22-18(23)19(27-5)26-15-7-8-17-14(11-15)12-16(25-4)13-21-17/h7-8,11-13,19H,10H2,1-5H3,(H,22,23). The van der Waals surface area contributed by atoms with Crippen LogP contribution in [0.1, 0.15) is 13.8 Å². The Bertz CT molecular complexity index is 858. The minimum Gasteiger partial charge on any atom is -0.495 e. The monoisotopic (exact) mass is 388 g/mol. The van der Waals surface area contributed by atoms with Crippen LogP contribution < -0.4 is 14.8 Å². The summed E-state index contributed by atoms with van der Waals surface area (Å²) in [5, 5.41) is 3.77. The summed E-state index contributed by atoms with van der Waals surface area (Å²) in [6.45, 7) is 3.98. The summed E-state index contributed by atoms with van der Waals surface area (Å²) >= 11 is 1.31. The van der Waals surface area contributed by atoms with Crippen LogP contribution in [0.5, 0.6) is 11.5 Å². The Balaban J connectivity index is 2.12. The van der Waals surface area contributed by atoms with Gasteiger partial charge in [-0.2, -0.15) is 0 Å². The van der Waals surface area contributed by atoms with Crippen molar-refractivity contribution in [1.29, 1.82) is 0 Å². The third kappa shape index (κ3) is 6.05. The number of benzene rings is 1. The lowest BCUT2D eigenvalue weighted by molar-refractivity contribution is -0.125. The zero-order chi connectivity index (χ0) is 19.9. The first-order valence-corrected chi connectivity index (χ1v) is 9.61. The normalized spacial score (nSPS) is 12.0. The maximum atomic E-state index is 12.6. The zero-order valence-electron chi connectivity index (χ0n) is 16.2. The van der Waals surface area contributed by atoms with E-state index >= 15 is 0 Å². The van der Waals surface area contributed by atoms with E-state index in [9.17, 15) is 4.79 Å². The number of amides is 1. The van der Waals surface area contributed by atoms with E-state index in [0.29, 0.717) is 18.1 Å². The van der Waals surface area contributed by atoms with Gasteiger partial charge in [0.2, 0.25) is 5.44 Å². The highest BCUT2D eigenvalue weighted by molar-refractivity contribution is 7.99. The molecule has 7 heteroatoms. The van der Waals surface area contributed by atoms with E-state index < -0.39 is 11.0 Å². The molecule has 0 aliphatic carbocycles. The fraction of sp³-hybridized carbons (Fsp3) is 0.400. The molecule has 0 spiro atoms. The minimum atomic E-state index is -0.704. The van der Waals surface area contributed by atoms with Crippen molar-refractivity contribution < 1.29 is 19.0 Å². The van der Waals surface area contributed by atoms with Crippen LogP contribution in [0.25, 0.3) is 10.9 Å². The molecular formula is C20H24N2O4S. The molecule has 144 valence electrons. The van der Waals surface area contributed by atoms with Crippen LogP contribution in [0.4, 0.5) is 0 Å². The summed E-state index contributed by atoms with van der Waals surface area (Å²) in [5.41, 5.74) is -0.569. The molecule has 0 aliphatic heterocycles. The van der Waals surface area contributed by atoms with Gasteiger partial charge in [0.15, 0.2) is 0 Å². The first kappa shape index (κ1) is 20.9. The first-order valence-electron chi connectivity index (χ1n) is 8.33. The quantitative estimate of drug-likeness (QED) is 0.581. The van der Waals surface area contributed by atoms with Gasteiger partial charge in [0.25, 0.3) is 5.91 Å². The Morgan fingerprint density at radius 3 is 2.70 bits per heavy atom. The topological polar surface area (TPSA) is 69.7 Å². The Labute approximate surface area is 164 Å². The summed E-state index contributed by atoms with van der Waals surface area (Å²) in [5.74, 6) is 6.84. The molecule has 1 aromatic carbocycles. The van der Waals surface area contributed by atoms with E-state index in [-0.39, 0.29) is 5.91 Å². The highest BCUT2D eigenvalue weighted by Crippen LogP contribution is 2.25. The van der Waals surface area contributed by atoms with Gasteiger partial charge < -0.3 is 19.5 Å². The molecule has 1 N–H and O–H groups in total. The molecule has 0 aliphatic rings. The van der Waals surface area contributed by atoms with Gasteiger partial charge >= 0.3 is 0 Å². The third-order valence-electron chi connectivity index (χ3n) is 3.59. The number of carbonyl (C=O) groups is 1. The number of hydrogen-bond donors (Lipinski definition) is 1. The summed E-state index contributed by atoms with van der Waals surface area (Å²) in [7, 11) is 3.17. The van der Waals surface area contributed by atoms with E-state index in [4.69, 9.17) is 14.2 Å². The van der Waals surface area contributed by atoms with Crippen LogP contribution in [0.3, 0.4) is 0 Å². The molecule has 1 amide bonds. The van der Waals surface area contributed by atoms with E-state index in [1.807, 2.05) is 38.3 Å². The summed E-state index contributed by atoms with van der Waals surface area (Å²) in [6.07, 6.45) is 3.48. The number of nitrogens with one attached hydrogen (secondary N) is 1. The van der Waals surface area contributed by atoms with Gasteiger partial charge in [0.1, 0.15) is 18.1 Å². The number of nitrogens with zero attached hydrogens (tertiary/aromatic N) is 1. The molecule has 2 aromatic rings. The average molecular weight is 388 g/mol. The van der Waals surface area contributed by atoms with Crippen molar-refractivity contribution >= 4 is 28.6 Å². The zero-order valence-corrected chi connectivity index (χ0v) is 17.0. The predicted octanol–water partition coefficient (Wildman–Crippen LogP) is 2.86. The van der Waals surface area contributed by atoms with Crippen molar-refractivity contribution in [2.45, 2.75) is 24.8 Å².